The summed E-state index contributed by atoms with van der Waals surface area (Å²) < 4.78 is 0. The number of hydrogen-bond donors (Lipinski definition) is 2. The molecule has 0 fully saturated rings. The second-order valence-corrected chi connectivity index (χ2v) is 4.29. The third-order valence-electron chi connectivity index (χ3n) is 2.19. The molecule has 0 spiro atoms. The Balaban J connectivity index is 3.50. The highest BCUT2D eigenvalue weighted by Gasteiger charge is 2.07. The highest BCUT2D eigenvalue weighted by molar-refractivity contribution is 5.76. The minimum absolute atomic E-state index is 0.149. The molecule has 0 rings (SSSR count). The van der Waals surface area contributed by atoms with Gasteiger partial charge in [-0.3, -0.25) is 4.79 Å². The lowest BCUT2D eigenvalue weighted by atomic mass is 10.0. The van der Waals surface area contributed by atoms with Gasteiger partial charge in [-0.1, -0.05) is 13.8 Å². The van der Waals surface area contributed by atoms with Gasteiger partial charge in [0.25, 0.3) is 0 Å². The second-order valence-electron chi connectivity index (χ2n) is 4.29. The van der Waals surface area contributed by atoms with Gasteiger partial charge in [-0.2, -0.15) is 0 Å². The van der Waals surface area contributed by atoms with Gasteiger partial charge < -0.3 is 10.6 Å². The number of carbonyl (C=O) groups is 1. The summed E-state index contributed by atoms with van der Waals surface area (Å²) in [7, 11) is 1.86. The van der Waals surface area contributed by atoms with Crippen molar-refractivity contribution in [2.24, 2.45) is 5.92 Å². The minimum atomic E-state index is 0.149. The first-order valence-corrected chi connectivity index (χ1v) is 5.50. The lowest BCUT2D eigenvalue weighted by molar-refractivity contribution is -0.121. The van der Waals surface area contributed by atoms with E-state index in [1.807, 2.05) is 7.05 Å². The molecule has 0 bridgehead atoms. The number of carbonyl (C=O) groups excluding carboxylic acids is 1. The van der Waals surface area contributed by atoms with Crippen LogP contribution in [0, 0.1) is 5.92 Å². The molecule has 0 radical (unpaired) electrons. The lowest BCUT2D eigenvalue weighted by Gasteiger charge is -2.14. The number of hydrogen-bond acceptors (Lipinski definition) is 2. The van der Waals surface area contributed by atoms with Crippen LogP contribution in [-0.2, 0) is 4.79 Å². The molecule has 3 heteroatoms. The van der Waals surface area contributed by atoms with Crippen molar-refractivity contribution in [2.75, 3.05) is 13.6 Å². The first-order chi connectivity index (χ1) is 6.56. The fourth-order valence-electron chi connectivity index (χ4n) is 1.24. The van der Waals surface area contributed by atoms with Crippen LogP contribution in [0.4, 0.5) is 0 Å². The first kappa shape index (κ1) is 13.4. The normalized spacial score (nSPS) is 12.9. The summed E-state index contributed by atoms with van der Waals surface area (Å²) in [6.07, 6.45) is 2.82. The molecule has 84 valence electrons. The van der Waals surface area contributed by atoms with E-state index in [9.17, 15) is 4.79 Å². The van der Waals surface area contributed by atoms with Gasteiger partial charge in [0.15, 0.2) is 0 Å². The van der Waals surface area contributed by atoms with E-state index in [-0.39, 0.29) is 5.91 Å². The fourth-order valence-corrected chi connectivity index (χ4v) is 1.24. The maximum atomic E-state index is 11.3. The Kier molecular flexibility index (Phi) is 7.48. The maximum absolute atomic E-state index is 11.3. The van der Waals surface area contributed by atoms with Crippen molar-refractivity contribution in [2.45, 2.75) is 46.1 Å². The highest BCUT2D eigenvalue weighted by Crippen LogP contribution is 2.06. The highest BCUT2D eigenvalue weighted by atomic mass is 16.1. The largest absolute Gasteiger partial charge is 0.354 e. The summed E-state index contributed by atoms with van der Waals surface area (Å²) in [4.78, 5) is 11.3. The molecule has 0 aromatic carbocycles. The van der Waals surface area contributed by atoms with Gasteiger partial charge in [0.2, 0.25) is 5.91 Å². The van der Waals surface area contributed by atoms with E-state index in [0.29, 0.717) is 18.4 Å². The zero-order valence-electron chi connectivity index (χ0n) is 9.89. The molecule has 1 amide bonds. The van der Waals surface area contributed by atoms with Crippen LogP contribution < -0.4 is 10.6 Å². The summed E-state index contributed by atoms with van der Waals surface area (Å²) in [5, 5.41) is 5.95. The average Bonchev–Trinajstić information content (AvgIpc) is 2.11. The molecule has 1 atom stereocenters. The standard InChI is InChI=1S/C11H24N2O/c1-9(2)5-6-10(3)13-11(14)7-8-12-4/h9-10,12H,5-8H2,1-4H3,(H,13,14). The number of rotatable bonds is 7. The van der Waals surface area contributed by atoms with Crippen LogP contribution in [0.1, 0.15) is 40.0 Å². The zero-order valence-corrected chi connectivity index (χ0v) is 9.89. The molecule has 2 N–H and O–H groups in total. The van der Waals surface area contributed by atoms with Crippen molar-refractivity contribution in [1.29, 1.82) is 0 Å². The van der Waals surface area contributed by atoms with Gasteiger partial charge in [-0.05, 0) is 32.7 Å². The Bertz CT molecular complexity index is 157. The van der Waals surface area contributed by atoms with E-state index in [1.165, 1.54) is 6.42 Å². The zero-order chi connectivity index (χ0) is 11.0. The first-order valence-electron chi connectivity index (χ1n) is 5.50. The van der Waals surface area contributed by atoms with Gasteiger partial charge in [0, 0.05) is 19.0 Å². The van der Waals surface area contributed by atoms with Crippen molar-refractivity contribution in [1.82, 2.24) is 10.6 Å². The smallest absolute Gasteiger partial charge is 0.221 e. The van der Waals surface area contributed by atoms with E-state index in [4.69, 9.17) is 0 Å². The molecule has 0 saturated carbocycles. The molecular weight excluding hydrogens is 176 g/mol. The average molecular weight is 200 g/mol. The van der Waals surface area contributed by atoms with Crippen molar-refractivity contribution in [3.63, 3.8) is 0 Å². The summed E-state index contributed by atoms with van der Waals surface area (Å²) in [5.74, 6) is 0.863. The predicted octanol–water partition coefficient (Wildman–Crippen LogP) is 1.54. The van der Waals surface area contributed by atoms with Gasteiger partial charge in [0.1, 0.15) is 0 Å². The SMILES string of the molecule is CNCCC(=O)NC(C)CCC(C)C. The predicted molar refractivity (Wildman–Crippen MR) is 60.2 cm³/mol. The van der Waals surface area contributed by atoms with E-state index in [2.05, 4.69) is 31.4 Å². The molecule has 0 aromatic heterocycles. The molecule has 1 unspecified atom stereocenters. The summed E-state index contributed by atoms with van der Waals surface area (Å²) >= 11 is 0. The minimum Gasteiger partial charge on any atom is -0.354 e. The maximum Gasteiger partial charge on any atom is 0.221 e. The van der Waals surface area contributed by atoms with Gasteiger partial charge >= 0.3 is 0 Å². The third-order valence-corrected chi connectivity index (χ3v) is 2.19. The van der Waals surface area contributed by atoms with Gasteiger partial charge in [0.05, 0.1) is 0 Å². The monoisotopic (exact) mass is 200 g/mol. The van der Waals surface area contributed by atoms with Crippen LogP contribution in [0.2, 0.25) is 0 Å². The summed E-state index contributed by atoms with van der Waals surface area (Å²) in [6.45, 7) is 7.23. The number of amides is 1. The van der Waals surface area contributed by atoms with Crippen LogP contribution in [0.5, 0.6) is 0 Å². The van der Waals surface area contributed by atoms with Crippen molar-refractivity contribution < 1.29 is 4.79 Å². The molecular formula is C11H24N2O. The lowest BCUT2D eigenvalue weighted by Crippen LogP contribution is -2.34. The van der Waals surface area contributed by atoms with Crippen LogP contribution >= 0.6 is 0 Å². The molecule has 0 heterocycles. The molecule has 0 aliphatic carbocycles. The van der Waals surface area contributed by atoms with Gasteiger partial charge in [-0.25, -0.2) is 0 Å². The number of nitrogens with one attached hydrogen (secondary N) is 2. The molecule has 14 heavy (non-hydrogen) atoms. The molecule has 0 aliphatic heterocycles. The van der Waals surface area contributed by atoms with Crippen LogP contribution in [0.3, 0.4) is 0 Å². The van der Waals surface area contributed by atoms with Crippen LogP contribution in [-0.4, -0.2) is 25.5 Å². The Morgan fingerprint density at radius 1 is 1.21 bits per heavy atom. The van der Waals surface area contributed by atoms with E-state index in [0.717, 1.165) is 13.0 Å². The van der Waals surface area contributed by atoms with E-state index in [1.54, 1.807) is 0 Å². The van der Waals surface area contributed by atoms with Crippen molar-refractivity contribution >= 4 is 5.91 Å². The summed E-state index contributed by atoms with van der Waals surface area (Å²) in [5.41, 5.74) is 0. The Labute approximate surface area is 87.6 Å². The topological polar surface area (TPSA) is 41.1 Å². The summed E-state index contributed by atoms with van der Waals surface area (Å²) in [6, 6.07) is 0.307. The quantitative estimate of drug-likeness (QED) is 0.654. The third kappa shape index (κ3) is 8.05. The second kappa shape index (κ2) is 7.80. The molecule has 0 saturated heterocycles. The van der Waals surface area contributed by atoms with Crippen molar-refractivity contribution in [3.8, 4) is 0 Å². The van der Waals surface area contributed by atoms with Crippen LogP contribution in [0.15, 0.2) is 0 Å². The van der Waals surface area contributed by atoms with E-state index < -0.39 is 0 Å². The molecule has 3 nitrogen and oxygen atoms in total. The molecule has 0 aromatic rings. The molecule has 0 aliphatic rings. The van der Waals surface area contributed by atoms with Crippen LogP contribution in [0.25, 0.3) is 0 Å². The van der Waals surface area contributed by atoms with Crippen molar-refractivity contribution in [3.05, 3.63) is 0 Å². The Morgan fingerprint density at radius 2 is 1.86 bits per heavy atom. The van der Waals surface area contributed by atoms with Gasteiger partial charge in [-0.15, -0.1) is 0 Å². The Hall–Kier alpha value is -0.570. The Morgan fingerprint density at radius 3 is 2.36 bits per heavy atom. The fraction of sp³-hybridized carbons (Fsp3) is 0.909. The van der Waals surface area contributed by atoms with E-state index >= 15 is 0 Å².